The number of ketones is 3. The number of Topliss-reactive ketones (excluding diaryl/α,β-unsaturated/α-hetero) is 3. The second kappa shape index (κ2) is 19.6. The van der Waals surface area contributed by atoms with Crippen molar-refractivity contribution >= 4 is 17.3 Å². The number of hydrogen-bond acceptors (Lipinski definition) is 7. The van der Waals surface area contributed by atoms with Crippen LogP contribution < -0.4 is 0 Å². The van der Waals surface area contributed by atoms with Gasteiger partial charge < -0.3 is 23.8 Å². The molecule has 0 N–H and O–H groups in total. The zero-order valence-electron chi connectivity index (χ0n) is 21.9. The lowest BCUT2D eigenvalue weighted by Gasteiger charge is -2.20. The highest BCUT2D eigenvalue weighted by Gasteiger charge is 2.34. The van der Waals surface area contributed by atoms with Crippen molar-refractivity contribution in [2.24, 2.45) is 11.8 Å². The number of hydrogen-bond donors (Lipinski definition) is 0. The van der Waals surface area contributed by atoms with Gasteiger partial charge in [-0.15, -0.1) is 0 Å². The summed E-state index contributed by atoms with van der Waals surface area (Å²) in [4.78, 5) is 38.9. The van der Waals surface area contributed by atoms with E-state index >= 15 is 0 Å². The Kier molecular flexibility index (Phi) is 18.7. The predicted octanol–water partition coefficient (Wildman–Crippen LogP) is 4.09. The van der Waals surface area contributed by atoms with Crippen LogP contribution >= 0.6 is 0 Å². The molecule has 0 radical (unpaired) electrons. The van der Waals surface area contributed by atoms with E-state index in [1.807, 2.05) is 34.6 Å². The molecular formula is C26H45NO7. The van der Waals surface area contributed by atoms with Gasteiger partial charge in [0.25, 0.3) is 0 Å². The molecule has 0 aromatic rings. The monoisotopic (exact) mass is 483 g/mol. The molecule has 0 bridgehead atoms. The third kappa shape index (κ3) is 16.9. The summed E-state index contributed by atoms with van der Waals surface area (Å²) in [5.74, 6) is 0.453. The van der Waals surface area contributed by atoms with E-state index in [-0.39, 0.29) is 42.4 Å². The van der Waals surface area contributed by atoms with Gasteiger partial charge in [0.05, 0.1) is 26.4 Å². The number of rotatable bonds is 23. The number of nitrogens with zero attached hydrogens (tertiary/aromatic N) is 1. The molecule has 0 spiro atoms. The molecule has 1 unspecified atom stereocenters. The summed E-state index contributed by atoms with van der Waals surface area (Å²) >= 11 is 0. The quantitative estimate of drug-likeness (QED) is 0.160. The van der Waals surface area contributed by atoms with Crippen molar-refractivity contribution in [3.63, 3.8) is 0 Å². The summed E-state index contributed by atoms with van der Waals surface area (Å²) in [5.41, 5.74) is -0.474. The first-order valence-corrected chi connectivity index (χ1v) is 12.4. The van der Waals surface area contributed by atoms with E-state index in [4.69, 9.17) is 25.5 Å². The number of ether oxygens (including phenoxy) is 4. The van der Waals surface area contributed by atoms with Gasteiger partial charge in [-0.05, 0) is 12.8 Å². The molecule has 0 aliphatic heterocycles. The molecule has 0 aromatic carbocycles. The molecule has 0 aliphatic rings. The van der Waals surface area contributed by atoms with Crippen LogP contribution in [0.3, 0.4) is 0 Å². The fourth-order valence-corrected chi connectivity index (χ4v) is 2.77. The zero-order chi connectivity index (χ0) is 25.8. The molecule has 8 nitrogen and oxygen atoms in total. The van der Waals surface area contributed by atoms with Crippen molar-refractivity contribution in [3.05, 3.63) is 11.4 Å². The van der Waals surface area contributed by atoms with Gasteiger partial charge in [0.2, 0.25) is 5.54 Å². The molecule has 0 saturated heterocycles. The van der Waals surface area contributed by atoms with Crippen LogP contribution in [0, 0.1) is 18.4 Å². The van der Waals surface area contributed by atoms with Crippen LogP contribution in [0.1, 0.15) is 73.1 Å². The summed E-state index contributed by atoms with van der Waals surface area (Å²) < 4.78 is 21.4. The van der Waals surface area contributed by atoms with Gasteiger partial charge in [0.15, 0.2) is 11.6 Å². The summed E-state index contributed by atoms with van der Waals surface area (Å²) in [6.45, 7) is 19.5. The Morgan fingerprint density at radius 3 is 1.74 bits per heavy atom. The normalized spacial score (nSPS) is 13.1. The fourth-order valence-electron chi connectivity index (χ4n) is 2.77. The van der Waals surface area contributed by atoms with E-state index in [2.05, 4.69) is 4.85 Å². The lowest BCUT2D eigenvalue weighted by atomic mass is 9.84. The summed E-state index contributed by atoms with van der Waals surface area (Å²) in [6.07, 6.45) is 3.13. The van der Waals surface area contributed by atoms with Crippen molar-refractivity contribution in [3.8, 4) is 0 Å². The first kappa shape index (κ1) is 32.3. The van der Waals surface area contributed by atoms with Crippen LogP contribution in [0.15, 0.2) is 0 Å². The Morgan fingerprint density at radius 2 is 1.24 bits per heavy atom. The molecule has 0 fully saturated rings. The molecular weight excluding hydrogens is 438 g/mol. The molecule has 8 heteroatoms. The third-order valence-electron chi connectivity index (χ3n) is 5.79. The molecule has 0 heterocycles. The maximum absolute atomic E-state index is 12.0. The summed E-state index contributed by atoms with van der Waals surface area (Å²) in [5, 5.41) is 0. The van der Waals surface area contributed by atoms with Crippen LogP contribution in [0.25, 0.3) is 4.85 Å². The molecule has 34 heavy (non-hydrogen) atoms. The Hall–Kier alpha value is -1.66. The van der Waals surface area contributed by atoms with Crippen molar-refractivity contribution < 1.29 is 33.3 Å². The largest absolute Gasteiger partial charge is 0.379 e. The highest BCUT2D eigenvalue weighted by atomic mass is 16.5. The average molecular weight is 484 g/mol. The lowest BCUT2D eigenvalue weighted by Crippen LogP contribution is -2.28. The van der Waals surface area contributed by atoms with Crippen LogP contribution in [-0.4, -0.2) is 75.7 Å². The molecule has 1 atom stereocenters. The standard InChI is InChI=1S/C26H45NO7/c1-21(2)25(30)20-34-18-16-32-14-8-10-24(29)19-33-17-15-31-13-7-9-23(28)11-12-26(5,27-6)22(3)4/h21-22H,7-20H2,1-5H3. The minimum absolute atomic E-state index is 0.0146. The van der Waals surface area contributed by atoms with E-state index in [1.54, 1.807) is 0 Å². The molecule has 0 saturated carbocycles. The minimum Gasteiger partial charge on any atom is -0.379 e. The van der Waals surface area contributed by atoms with E-state index in [1.165, 1.54) is 0 Å². The van der Waals surface area contributed by atoms with Gasteiger partial charge >= 0.3 is 0 Å². The van der Waals surface area contributed by atoms with Crippen molar-refractivity contribution in [1.29, 1.82) is 0 Å². The second-order valence-electron chi connectivity index (χ2n) is 9.36. The first-order valence-electron chi connectivity index (χ1n) is 12.4. The van der Waals surface area contributed by atoms with Crippen LogP contribution in [0.4, 0.5) is 0 Å². The Labute approximate surface area is 205 Å². The van der Waals surface area contributed by atoms with Gasteiger partial charge in [0.1, 0.15) is 19.0 Å². The van der Waals surface area contributed by atoms with Gasteiger partial charge in [-0.2, -0.15) is 0 Å². The highest BCUT2D eigenvalue weighted by molar-refractivity contribution is 5.81. The Balaban J connectivity index is 3.50. The second-order valence-corrected chi connectivity index (χ2v) is 9.36. The Morgan fingerprint density at radius 1 is 0.735 bits per heavy atom. The fraction of sp³-hybridized carbons (Fsp3) is 0.846. The van der Waals surface area contributed by atoms with Gasteiger partial charge in [-0.25, -0.2) is 6.57 Å². The van der Waals surface area contributed by atoms with Crippen LogP contribution in [0.2, 0.25) is 0 Å². The minimum atomic E-state index is -0.474. The molecule has 0 amide bonds. The lowest BCUT2D eigenvalue weighted by molar-refractivity contribution is -0.127. The Bertz CT molecular complexity index is 627. The third-order valence-corrected chi connectivity index (χ3v) is 5.79. The van der Waals surface area contributed by atoms with E-state index in [0.29, 0.717) is 78.2 Å². The SMILES string of the molecule is [C-]#[N+]C(C)(CCC(=O)CCCOCCOCC(=O)CCCOCCOCC(=O)C(C)C)C(C)C. The zero-order valence-corrected chi connectivity index (χ0v) is 21.9. The van der Waals surface area contributed by atoms with Crippen molar-refractivity contribution in [2.75, 3.05) is 52.9 Å². The average Bonchev–Trinajstić information content (AvgIpc) is 2.80. The van der Waals surface area contributed by atoms with E-state index in [9.17, 15) is 14.4 Å². The van der Waals surface area contributed by atoms with Gasteiger partial charge in [-0.1, -0.05) is 27.7 Å². The van der Waals surface area contributed by atoms with Crippen LogP contribution in [-0.2, 0) is 33.3 Å². The first-order chi connectivity index (χ1) is 16.1. The summed E-state index contributed by atoms with van der Waals surface area (Å²) in [7, 11) is 0. The highest BCUT2D eigenvalue weighted by Crippen LogP contribution is 2.27. The number of carbonyl (C=O) groups is 3. The van der Waals surface area contributed by atoms with Crippen molar-refractivity contribution in [1.82, 2.24) is 0 Å². The van der Waals surface area contributed by atoms with Gasteiger partial charge in [-0.3, -0.25) is 14.4 Å². The number of carbonyl (C=O) groups excluding carboxylic acids is 3. The topological polar surface area (TPSA) is 92.5 Å². The smallest absolute Gasteiger partial charge is 0.232 e. The van der Waals surface area contributed by atoms with E-state index < -0.39 is 5.54 Å². The molecule has 0 aromatic heterocycles. The summed E-state index contributed by atoms with van der Waals surface area (Å²) in [6, 6.07) is 0. The maximum atomic E-state index is 12.0. The van der Waals surface area contributed by atoms with Crippen molar-refractivity contribution in [2.45, 2.75) is 78.7 Å². The molecule has 196 valence electrons. The van der Waals surface area contributed by atoms with E-state index in [0.717, 1.165) is 0 Å². The maximum Gasteiger partial charge on any atom is 0.232 e. The van der Waals surface area contributed by atoms with Crippen LogP contribution in [0.5, 0.6) is 0 Å². The predicted molar refractivity (Wildman–Crippen MR) is 131 cm³/mol. The molecule has 0 rings (SSSR count). The molecule has 0 aliphatic carbocycles. The van der Waals surface area contributed by atoms with Gasteiger partial charge in [0, 0.05) is 57.7 Å².